The normalized spacial score (nSPS) is 10.8. The van der Waals surface area contributed by atoms with Gasteiger partial charge in [0.05, 0.1) is 16.6 Å². The Labute approximate surface area is 230 Å². The molecule has 0 saturated heterocycles. The maximum atomic E-state index is 12.7. The largest absolute Gasteiger partial charge is 0.490 e. The Balaban J connectivity index is 1.79. The Morgan fingerprint density at radius 3 is 2.56 bits per heavy atom. The molecule has 200 valence electrons. The van der Waals surface area contributed by atoms with Crippen molar-refractivity contribution < 1.29 is 24.0 Å². The molecule has 39 heavy (non-hydrogen) atoms. The lowest BCUT2D eigenvalue weighted by Crippen LogP contribution is -2.21. The molecule has 3 aromatic rings. The van der Waals surface area contributed by atoms with Crippen LogP contribution in [0.5, 0.6) is 11.5 Å². The van der Waals surface area contributed by atoms with Gasteiger partial charge in [0.2, 0.25) is 0 Å². The molecule has 2 N–H and O–H groups in total. The number of amides is 2. The highest BCUT2D eigenvalue weighted by Gasteiger charge is 2.17. The molecule has 3 rings (SSSR count). The van der Waals surface area contributed by atoms with E-state index in [0.717, 1.165) is 11.1 Å². The van der Waals surface area contributed by atoms with Crippen LogP contribution in [0.1, 0.15) is 23.6 Å². The fourth-order valence-electron chi connectivity index (χ4n) is 3.48. The highest BCUT2D eigenvalue weighted by molar-refractivity contribution is 6.32. The lowest BCUT2D eigenvalue weighted by molar-refractivity contribution is -0.384. The van der Waals surface area contributed by atoms with E-state index in [9.17, 15) is 25.0 Å². The van der Waals surface area contributed by atoms with Crippen LogP contribution in [0.3, 0.4) is 0 Å². The molecule has 0 aliphatic carbocycles. The van der Waals surface area contributed by atoms with E-state index in [1.54, 1.807) is 6.92 Å². The van der Waals surface area contributed by atoms with E-state index in [0.29, 0.717) is 11.3 Å². The van der Waals surface area contributed by atoms with Gasteiger partial charge in [-0.05, 0) is 67.8 Å². The van der Waals surface area contributed by atoms with Crippen molar-refractivity contribution in [3.63, 3.8) is 0 Å². The van der Waals surface area contributed by atoms with Gasteiger partial charge in [0.25, 0.3) is 17.5 Å². The number of nitrogens with zero attached hydrogens (tertiary/aromatic N) is 2. The van der Waals surface area contributed by atoms with Gasteiger partial charge >= 0.3 is 0 Å². The summed E-state index contributed by atoms with van der Waals surface area (Å²) in [6.07, 6.45) is 1.29. The topological polar surface area (TPSA) is 144 Å². The lowest BCUT2D eigenvalue weighted by atomic mass is 10.1. The first-order valence-electron chi connectivity index (χ1n) is 11.7. The molecule has 0 saturated carbocycles. The smallest absolute Gasteiger partial charge is 0.271 e. The second-order valence-corrected chi connectivity index (χ2v) is 8.76. The zero-order valence-electron chi connectivity index (χ0n) is 21.4. The number of anilines is 2. The summed E-state index contributed by atoms with van der Waals surface area (Å²) < 4.78 is 11.3. The van der Waals surface area contributed by atoms with Crippen molar-refractivity contribution in [3.8, 4) is 17.6 Å². The van der Waals surface area contributed by atoms with Crippen LogP contribution in [0.25, 0.3) is 6.08 Å². The van der Waals surface area contributed by atoms with Crippen LogP contribution in [-0.4, -0.2) is 30.0 Å². The molecular weight excluding hydrogens is 524 g/mol. The number of carbonyl (C=O) groups excluding carboxylic acids is 2. The number of nitriles is 1. The number of rotatable bonds is 10. The molecule has 0 aromatic heterocycles. The van der Waals surface area contributed by atoms with Crippen molar-refractivity contribution in [1.82, 2.24) is 0 Å². The summed E-state index contributed by atoms with van der Waals surface area (Å²) in [6, 6.07) is 15.8. The summed E-state index contributed by atoms with van der Waals surface area (Å²) in [5, 5.41) is 25.9. The molecular formula is C28H25ClN4O6. The number of hydrogen-bond acceptors (Lipinski definition) is 7. The van der Waals surface area contributed by atoms with Gasteiger partial charge in [-0.3, -0.25) is 19.7 Å². The molecule has 0 radical (unpaired) electrons. The summed E-state index contributed by atoms with van der Waals surface area (Å²) in [5.41, 5.74) is 2.61. The molecule has 0 aliphatic rings. The summed E-state index contributed by atoms with van der Waals surface area (Å²) in [4.78, 5) is 35.6. The first kappa shape index (κ1) is 28.7. The Kier molecular flexibility index (Phi) is 9.62. The number of benzene rings is 3. The van der Waals surface area contributed by atoms with E-state index in [1.165, 1.54) is 42.5 Å². The first-order valence-corrected chi connectivity index (χ1v) is 12.1. The number of halogens is 1. The summed E-state index contributed by atoms with van der Waals surface area (Å²) in [6.45, 7) is 5.47. The van der Waals surface area contributed by atoms with Crippen LogP contribution in [0.2, 0.25) is 5.02 Å². The summed E-state index contributed by atoms with van der Waals surface area (Å²) in [7, 11) is 0. The minimum absolute atomic E-state index is 0.100. The molecule has 0 aliphatic heterocycles. The average Bonchev–Trinajstić information content (AvgIpc) is 2.89. The Morgan fingerprint density at radius 2 is 1.87 bits per heavy atom. The fourth-order valence-corrected chi connectivity index (χ4v) is 3.75. The van der Waals surface area contributed by atoms with E-state index < -0.39 is 16.7 Å². The maximum Gasteiger partial charge on any atom is 0.271 e. The predicted molar refractivity (Wildman–Crippen MR) is 148 cm³/mol. The van der Waals surface area contributed by atoms with Crippen molar-refractivity contribution in [2.75, 3.05) is 23.8 Å². The number of aryl methyl sites for hydroxylation is 2. The number of nitro benzene ring substituents is 1. The SMILES string of the molecule is CCOc1cc(/C=C(/C#N)C(=O)Nc2cccc([N+](=O)[O-])c2)cc(Cl)c1OCC(=O)Nc1cc(C)ccc1C. The maximum absolute atomic E-state index is 12.7. The monoisotopic (exact) mass is 548 g/mol. The van der Waals surface area contributed by atoms with Gasteiger partial charge in [-0.1, -0.05) is 29.8 Å². The highest BCUT2D eigenvalue weighted by atomic mass is 35.5. The van der Waals surface area contributed by atoms with Crippen molar-refractivity contribution in [1.29, 1.82) is 5.26 Å². The van der Waals surface area contributed by atoms with Gasteiger partial charge in [-0.25, -0.2) is 0 Å². The second kappa shape index (κ2) is 13.1. The van der Waals surface area contributed by atoms with E-state index in [2.05, 4.69) is 10.6 Å². The van der Waals surface area contributed by atoms with E-state index in [1.807, 2.05) is 38.1 Å². The quantitative estimate of drug-likeness (QED) is 0.140. The van der Waals surface area contributed by atoms with E-state index in [4.69, 9.17) is 21.1 Å². The van der Waals surface area contributed by atoms with Crippen LogP contribution >= 0.6 is 11.6 Å². The molecule has 2 amide bonds. The zero-order chi connectivity index (χ0) is 28.5. The van der Waals surface area contributed by atoms with Gasteiger partial charge in [0, 0.05) is 23.5 Å². The third-order valence-corrected chi connectivity index (χ3v) is 5.62. The minimum Gasteiger partial charge on any atom is -0.490 e. The molecule has 0 spiro atoms. The van der Waals surface area contributed by atoms with Gasteiger partial charge in [0.1, 0.15) is 11.6 Å². The first-order chi connectivity index (χ1) is 18.6. The standard InChI is InChI=1S/C28H25ClN4O6/c1-4-38-25-13-19(11-20(15-30)28(35)31-21-6-5-7-22(14-21)33(36)37)12-23(29)27(25)39-16-26(34)32-24-10-17(2)8-9-18(24)3/h5-14H,4,16H2,1-3H3,(H,31,35)(H,32,34)/b20-11-. The molecule has 10 nitrogen and oxygen atoms in total. The van der Waals surface area contributed by atoms with Crippen LogP contribution in [0, 0.1) is 35.3 Å². The Morgan fingerprint density at radius 1 is 1.10 bits per heavy atom. The summed E-state index contributed by atoms with van der Waals surface area (Å²) >= 11 is 6.43. The van der Waals surface area contributed by atoms with E-state index in [-0.39, 0.29) is 46.7 Å². The fraction of sp³-hybridized carbons (Fsp3) is 0.179. The van der Waals surface area contributed by atoms with Crippen LogP contribution in [0.15, 0.2) is 60.2 Å². The number of nitrogens with one attached hydrogen (secondary N) is 2. The molecule has 0 fully saturated rings. The van der Waals surface area contributed by atoms with Gasteiger partial charge in [-0.2, -0.15) is 5.26 Å². The molecule has 3 aromatic carbocycles. The third kappa shape index (κ3) is 7.80. The van der Waals surface area contributed by atoms with Crippen molar-refractivity contribution in [2.24, 2.45) is 0 Å². The van der Waals surface area contributed by atoms with Crippen LogP contribution in [0.4, 0.5) is 17.1 Å². The minimum atomic E-state index is -0.768. The Bertz CT molecular complexity index is 1500. The molecule has 0 unspecified atom stereocenters. The summed E-state index contributed by atoms with van der Waals surface area (Å²) in [5.74, 6) is -0.815. The molecule has 0 heterocycles. The third-order valence-electron chi connectivity index (χ3n) is 5.34. The Hall–Kier alpha value is -4.88. The van der Waals surface area contributed by atoms with Crippen molar-refractivity contribution in [2.45, 2.75) is 20.8 Å². The van der Waals surface area contributed by atoms with Gasteiger partial charge in [0.15, 0.2) is 18.1 Å². The number of carbonyl (C=O) groups is 2. The second-order valence-electron chi connectivity index (χ2n) is 8.35. The van der Waals surface area contributed by atoms with Crippen LogP contribution < -0.4 is 20.1 Å². The molecule has 11 heteroatoms. The predicted octanol–water partition coefficient (Wildman–Crippen LogP) is 5.83. The van der Waals surface area contributed by atoms with Gasteiger partial charge < -0.3 is 20.1 Å². The highest BCUT2D eigenvalue weighted by Crippen LogP contribution is 2.37. The molecule has 0 atom stereocenters. The van der Waals surface area contributed by atoms with Crippen molar-refractivity contribution in [3.05, 3.63) is 92.0 Å². The average molecular weight is 549 g/mol. The van der Waals surface area contributed by atoms with Crippen LogP contribution in [-0.2, 0) is 9.59 Å². The lowest BCUT2D eigenvalue weighted by Gasteiger charge is -2.15. The van der Waals surface area contributed by atoms with Gasteiger partial charge in [-0.15, -0.1) is 0 Å². The number of non-ortho nitro benzene ring substituents is 1. The van der Waals surface area contributed by atoms with E-state index >= 15 is 0 Å². The number of nitro groups is 1. The number of hydrogen-bond donors (Lipinski definition) is 2. The molecule has 0 bridgehead atoms. The zero-order valence-corrected chi connectivity index (χ0v) is 22.2. The number of ether oxygens (including phenoxy) is 2. The van der Waals surface area contributed by atoms with Crippen molar-refractivity contribution >= 4 is 46.6 Å².